The Morgan fingerprint density at radius 2 is 2.14 bits per heavy atom. The van der Waals surface area contributed by atoms with E-state index in [1.165, 1.54) is 10.6 Å². The topological polar surface area (TPSA) is 41.1 Å². The van der Waals surface area contributed by atoms with Gasteiger partial charge >= 0.3 is 0 Å². The first-order valence-electron chi connectivity index (χ1n) is 7.43. The van der Waals surface area contributed by atoms with Crippen LogP contribution in [-0.4, -0.2) is 23.1 Å². The second-order valence-electron chi connectivity index (χ2n) is 5.43. The van der Waals surface area contributed by atoms with Crippen molar-refractivity contribution >= 4 is 16.5 Å². The molecule has 4 nitrogen and oxygen atoms in total. The predicted octanol–water partition coefficient (Wildman–Crippen LogP) is 3.23. The summed E-state index contributed by atoms with van der Waals surface area (Å²) >= 11 is 1.78. The van der Waals surface area contributed by atoms with Crippen LogP contribution in [0.4, 0.5) is 5.13 Å². The van der Waals surface area contributed by atoms with Gasteiger partial charge in [-0.25, -0.2) is 4.98 Å². The first kappa shape index (κ1) is 15.9. The molecule has 0 aliphatic carbocycles. The molecule has 0 fully saturated rings. The second-order valence-corrected chi connectivity index (χ2v) is 6.49. The lowest BCUT2D eigenvalue weighted by molar-refractivity contribution is 0.590. The number of thiazole rings is 1. The van der Waals surface area contributed by atoms with Crippen LogP contribution in [-0.2, 0) is 19.5 Å². The summed E-state index contributed by atoms with van der Waals surface area (Å²) in [5, 5.41) is 4.55. The Morgan fingerprint density at radius 3 is 2.76 bits per heavy atom. The summed E-state index contributed by atoms with van der Waals surface area (Å²) in [5.74, 6) is 0. The number of nitrogens with zero attached hydrogens (tertiary/aromatic N) is 3. The Labute approximate surface area is 131 Å². The fourth-order valence-corrected chi connectivity index (χ4v) is 3.11. The summed E-state index contributed by atoms with van der Waals surface area (Å²) in [7, 11) is 2.08. The van der Waals surface area contributed by atoms with E-state index >= 15 is 0 Å². The van der Waals surface area contributed by atoms with Crippen molar-refractivity contribution in [2.45, 2.75) is 46.3 Å². The van der Waals surface area contributed by atoms with Crippen LogP contribution in [0.25, 0.3) is 0 Å². The minimum absolute atomic E-state index is 0.492. The highest BCUT2D eigenvalue weighted by Crippen LogP contribution is 2.27. The van der Waals surface area contributed by atoms with Gasteiger partial charge in [0.25, 0.3) is 0 Å². The third-order valence-corrected chi connectivity index (χ3v) is 4.44. The van der Waals surface area contributed by atoms with Gasteiger partial charge in [0.15, 0.2) is 5.13 Å². The van der Waals surface area contributed by atoms with Crippen LogP contribution in [0.2, 0.25) is 0 Å². The second kappa shape index (κ2) is 7.52. The molecule has 2 heterocycles. The highest BCUT2D eigenvalue weighted by atomic mass is 32.1. The zero-order valence-electron chi connectivity index (χ0n) is 13.3. The maximum absolute atomic E-state index is 4.78. The Balaban J connectivity index is 2.08. The standard InChI is InChI=1S/C16H24N4S/c1-5-14-15(10-18-12(2)3)21-16(19-14)20(4)11-13-8-6-7-9-17-13/h6-9,12,18H,5,10-11H2,1-4H3. The van der Waals surface area contributed by atoms with Crippen LogP contribution < -0.4 is 10.2 Å². The molecule has 1 N–H and O–H groups in total. The van der Waals surface area contributed by atoms with Gasteiger partial charge in [-0.3, -0.25) is 4.98 Å². The highest BCUT2D eigenvalue weighted by molar-refractivity contribution is 7.15. The maximum Gasteiger partial charge on any atom is 0.185 e. The minimum atomic E-state index is 0.492. The van der Waals surface area contributed by atoms with E-state index in [4.69, 9.17) is 4.98 Å². The number of aromatic nitrogens is 2. The van der Waals surface area contributed by atoms with Crippen LogP contribution in [0.1, 0.15) is 37.0 Å². The molecule has 0 aliphatic rings. The molecule has 0 atom stereocenters. The van der Waals surface area contributed by atoms with E-state index in [1.54, 1.807) is 11.3 Å². The summed E-state index contributed by atoms with van der Waals surface area (Å²) in [4.78, 5) is 12.7. The summed E-state index contributed by atoms with van der Waals surface area (Å²) in [6.07, 6.45) is 2.81. The third-order valence-electron chi connectivity index (χ3n) is 3.22. The number of hydrogen-bond donors (Lipinski definition) is 1. The van der Waals surface area contributed by atoms with Gasteiger partial charge in [0.1, 0.15) is 0 Å². The molecule has 0 unspecified atom stereocenters. The molecule has 0 aromatic carbocycles. The first-order valence-corrected chi connectivity index (χ1v) is 8.24. The molecular weight excluding hydrogens is 280 g/mol. The molecule has 5 heteroatoms. The van der Waals surface area contributed by atoms with Crippen LogP contribution in [0, 0.1) is 0 Å². The molecular formula is C16H24N4S. The third kappa shape index (κ3) is 4.51. The summed E-state index contributed by atoms with van der Waals surface area (Å²) in [6.45, 7) is 8.18. The average molecular weight is 304 g/mol. The van der Waals surface area contributed by atoms with Gasteiger partial charge in [0.05, 0.1) is 17.9 Å². The van der Waals surface area contributed by atoms with Crippen LogP contribution in [0.5, 0.6) is 0 Å². The van der Waals surface area contributed by atoms with E-state index in [0.29, 0.717) is 6.04 Å². The van der Waals surface area contributed by atoms with E-state index in [9.17, 15) is 0 Å². The van der Waals surface area contributed by atoms with E-state index in [2.05, 4.69) is 43.0 Å². The van der Waals surface area contributed by atoms with Gasteiger partial charge in [-0.15, -0.1) is 11.3 Å². The zero-order valence-corrected chi connectivity index (χ0v) is 14.1. The van der Waals surface area contributed by atoms with Crippen molar-refractivity contribution in [3.63, 3.8) is 0 Å². The molecule has 2 aromatic heterocycles. The molecule has 0 saturated carbocycles. The van der Waals surface area contributed by atoms with Crippen molar-refractivity contribution in [2.75, 3.05) is 11.9 Å². The molecule has 2 aromatic rings. The predicted molar refractivity (Wildman–Crippen MR) is 89.8 cm³/mol. The number of hydrogen-bond acceptors (Lipinski definition) is 5. The smallest absolute Gasteiger partial charge is 0.185 e. The Kier molecular flexibility index (Phi) is 5.70. The quantitative estimate of drug-likeness (QED) is 0.852. The van der Waals surface area contributed by atoms with Crippen molar-refractivity contribution in [1.82, 2.24) is 15.3 Å². The Morgan fingerprint density at radius 1 is 1.33 bits per heavy atom. The first-order chi connectivity index (χ1) is 10.1. The van der Waals surface area contributed by atoms with Gasteiger partial charge in [-0.05, 0) is 18.6 Å². The lowest BCUT2D eigenvalue weighted by Crippen LogP contribution is -2.21. The lowest BCUT2D eigenvalue weighted by atomic mass is 10.3. The van der Waals surface area contributed by atoms with Gasteiger partial charge < -0.3 is 10.2 Å². The number of nitrogens with one attached hydrogen (secondary N) is 1. The van der Waals surface area contributed by atoms with Crippen molar-refractivity contribution < 1.29 is 0 Å². The fourth-order valence-electron chi connectivity index (χ4n) is 2.05. The van der Waals surface area contributed by atoms with Gasteiger partial charge in [-0.1, -0.05) is 26.8 Å². The number of anilines is 1. The highest BCUT2D eigenvalue weighted by Gasteiger charge is 2.13. The minimum Gasteiger partial charge on any atom is -0.345 e. The van der Waals surface area contributed by atoms with Crippen molar-refractivity contribution in [1.29, 1.82) is 0 Å². The van der Waals surface area contributed by atoms with E-state index in [-0.39, 0.29) is 0 Å². The van der Waals surface area contributed by atoms with Gasteiger partial charge in [-0.2, -0.15) is 0 Å². The Bertz CT molecular complexity index is 551. The number of pyridine rings is 1. The maximum atomic E-state index is 4.78. The van der Waals surface area contributed by atoms with Crippen LogP contribution >= 0.6 is 11.3 Å². The SMILES string of the molecule is CCc1nc(N(C)Cc2ccccn2)sc1CNC(C)C. The normalized spacial score (nSPS) is 11.1. The van der Waals surface area contributed by atoms with E-state index in [1.807, 2.05) is 24.4 Å². The molecule has 114 valence electrons. The summed E-state index contributed by atoms with van der Waals surface area (Å²) < 4.78 is 0. The summed E-state index contributed by atoms with van der Waals surface area (Å²) in [5.41, 5.74) is 2.27. The van der Waals surface area contributed by atoms with Gasteiger partial charge in [0.2, 0.25) is 0 Å². The Hall–Kier alpha value is -1.46. The van der Waals surface area contributed by atoms with Crippen molar-refractivity contribution in [3.8, 4) is 0 Å². The van der Waals surface area contributed by atoms with Gasteiger partial charge in [0, 0.05) is 30.7 Å². The largest absolute Gasteiger partial charge is 0.345 e. The molecule has 0 amide bonds. The van der Waals surface area contributed by atoms with E-state index in [0.717, 1.165) is 30.3 Å². The lowest BCUT2D eigenvalue weighted by Gasteiger charge is -2.14. The average Bonchev–Trinajstić information content (AvgIpc) is 2.89. The molecule has 21 heavy (non-hydrogen) atoms. The summed E-state index contributed by atoms with van der Waals surface area (Å²) in [6, 6.07) is 6.50. The van der Waals surface area contributed by atoms with E-state index < -0.39 is 0 Å². The molecule has 0 saturated heterocycles. The van der Waals surface area contributed by atoms with Crippen LogP contribution in [0.3, 0.4) is 0 Å². The molecule has 0 radical (unpaired) electrons. The molecule has 0 bridgehead atoms. The molecule has 2 rings (SSSR count). The monoisotopic (exact) mass is 304 g/mol. The van der Waals surface area contributed by atoms with Crippen LogP contribution in [0.15, 0.2) is 24.4 Å². The van der Waals surface area contributed by atoms with Crippen molar-refractivity contribution in [2.24, 2.45) is 0 Å². The number of aryl methyl sites for hydroxylation is 1. The van der Waals surface area contributed by atoms with Crippen molar-refractivity contribution in [3.05, 3.63) is 40.7 Å². The zero-order chi connectivity index (χ0) is 15.2. The fraction of sp³-hybridized carbons (Fsp3) is 0.500. The molecule has 0 spiro atoms. The number of rotatable bonds is 7. The molecule has 0 aliphatic heterocycles.